The van der Waals surface area contributed by atoms with E-state index in [2.05, 4.69) is 84.9 Å². The van der Waals surface area contributed by atoms with Gasteiger partial charge >= 0.3 is 0 Å². The zero-order chi connectivity index (χ0) is 18.0. The Hall–Kier alpha value is -3.09. The van der Waals surface area contributed by atoms with E-state index in [4.69, 9.17) is 11.6 Å². The van der Waals surface area contributed by atoms with Crippen LogP contribution in [0.2, 0.25) is 5.02 Å². The summed E-state index contributed by atoms with van der Waals surface area (Å²) in [5.74, 6) is 0. The van der Waals surface area contributed by atoms with Gasteiger partial charge in [0.15, 0.2) is 0 Å². The molecule has 0 nitrogen and oxygen atoms in total. The molecule has 0 amide bonds. The third kappa shape index (κ3) is 1.99. The highest BCUT2D eigenvalue weighted by atomic mass is 35.5. The van der Waals surface area contributed by atoms with E-state index in [0.717, 1.165) is 5.02 Å². The van der Waals surface area contributed by atoms with Crippen molar-refractivity contribution in [3.8, 4) is 33.4 Å². The van der Waals surface area contributed by atoms with E-state index in [0.29, 0.717) is 0 Å². The lowest BCUT2D eigenvalue weighted by Crippen LogP contribution is -1.88. The first-order chi connectivity index (χ1) is 13.3. The van der Waals surface area contributed by atoms with Crippen LogP contribution < -0.4 is 0 Å². The van der Waals surface area contributed by atoms with E-state index in [9.17, 15) is 0 Å². The van der Waals surface area contributed by atoms with Gasteiger partial charge in [-0.05, 0) is 67.1 Å². The highest BCUT2D eigenvalue weighted by Gasteiger charge is 2.26. The van der Waals surface area contributed by atoms with E-state index >= 15 is 0 Å². The Kier molecular flexibility index (Phi) is 3.03. The summed E-state index contributed by atoms with van der Waals surface area (Å²) in [5, 5.41) is 5.86. The smallest absolute Gasteiger partial charge is 0.0412 e. The molecule has 1 aliphatic carbocycles. The van der Waals surface area contributed by atoms with Gasteiger partial charge in [0, 0.05) is 5.02 Å². The molecule has 0 bridgehead atoms. The maximum absolute atomic E-state index is 6.40. The summed E-state index contributed by atoms with van der Waals surface area (Å²) in [7, 11) is 0. The predicted molar refractivity (Wildman–Crippen MR) is 116 cm³/mol. The maximum atomic E-state index is 6.40. The lowest BCUT2D eigenvalue weighted by molar-refractivity contribution is 1.65. The molecule has 0 saturated carbocycles. The fraction of sp³-hybridized carbons (Fsp3) is 0. The molecule has 0 fully saturated rings. The minimum atomic E-state index is 0.776. The molecule has 27 heavy (non-hydrogen) atoms. The van der Waals surface area contributed by atoms with Crippen LogP contribution in [0.3, 0.4) is 0 Å². The SMILES string of the molecule is Clc1ccc2c(-c3ccccc3)c3c4c(cccc4c2c1)-c1ccccc1-3. The van der Waals surface area contributed by atoms with Crippen LogP contribution in [-0.4, -0.2) is 0 Å². The van der Waals surface area contributed by atoms with E-state index in [1.165, 1.54) is 54.9 Å². The third-order valence-corrected chi connectivity index (χ3v) is 5.89. The number of rotatable bonds is 1. The van der Waals surface area contributed by atoms with Gasteiger partial charge in [0.25, 0.3) is 0 Å². The summed E-state index contributed by atoms with van der Waals surface area (Å²) in [6.07, 6.45) is 0. The molecule has 1 heteroatoms. The van der Waals surface area contributed by atoms with Crippen LogP contribution in [0.4, 0.5) is 0 Å². The molecule has 5 aromatic carbocycles. The standard InChI is InChI=1S/C26H15Cl/c27-17-13-14-22-23(15-17)21-12-6-11-19-18-9-4-5-10-20(18)26(25(19)21)24(22)16-7-2-1-3-8-16/h1-15H. The fourth-order valence-electron chi connectivity index (χ4n) is 4.60. The molecule has 0 aromatic heterocycles. The average molecular weight is 363 g/mol. The first kappa shape index (κ1) is 15.0. The molecule has 0 atom stereocenters. The summed E-state index contributed by atoms with van der Waals surface area (Å²) in [6, 6.07) is 32.3. The Morgan fingerprint density at radius 1 is 0.481 bits per heavy atom. The van der Waals surface area contributed by atoms with Crippen molar-refractivity contribution < 1.29 is 0 Å². The molecular formula is C26H15Cl. The molecule has 0 unspecified atom stereocenters. The van der Waals surface area contributed by atoms with Gasteiger partial charge in [-0.25, -0.2) is 0 Å². The quantitative estimate of drug-likeness (QED) is 0.260. The van der Waals surface area contributed by atoms with E-state index in [1.54, 1.807) is 0 Å². The Morgan fingerprint density at radius 3 is 2.07 bits per heavy atom. The van der Waals surface area contributed by atoms with Crippen LogP contribution in [0.5, 0.6) is 0 Å². The molecule has 126 valence electrons. The summed E-state index contributed by atoms with van der Waals surface area (Å²) in [4.78, 5) is 0. The lowest BCUT2D eigenvalue weighted by Gasteiger charge is -2.16. The van der Waals surface area contributed by atoms with Crippen molar-refractivity contribution in [2.75, 3.05) is 0 Å². The summed E-state index contributed by atoms with van der Waals surface area (Å²) >= 11 is 6.40. The summed E-state index contributed by atoms with van der Waals surface area (Å²) in [6.45, 7) is 0. The van der Waals surface area contributed by atoms with Crippen molar-refractivity contribution >= 4 is 33.1 Å². The van der Waals surface area contributed by atoms with Crippen LogP contribution >= 0.6 is 11.6 Å². The van der Waals surface area contributed by atoms with Gasteiger partial charge in [0.05, 0.1) is 0 Å². The predicted octanol–water partition coefficient (Wildman–Crippen LogP) is 7.96. The Balaban J connectivity index is 1.94. The average Bonchev–Trinajstić information content (AvgIpc) is 3.05. The monoisotopic (exact) mass is 362 g/mol. The largest absolute Gasteiger partial charge is 0.0843 e. The van der Waals surface area contributed by atoms with Crippen LogP contribution in [0.1, 0.15) is 0 Å². The Morgan fingerprint density at radius 2 is 1.22 bits per heavy atom. The molecule has 0 saturated heterocycles. The summed E-state index contributed by atoms with van der Waals surface area (Å²) in [5.41, 5.74) is 7.84. The van der Waals surface area contributed by atoms with E-state index in [1.807, 2.05) is 6.07 Å². The van der Waals surface area contributed by atoms with Gasteiger partial charge in [0.1, 0.15) is 0 Å². The second-order valence-corrected chi connectivity index (χ2v) is 7.52. The topological polar surface area (TPSA) is 0 Å². The third-order valence-electron chi connectivity index (χ3n) is 5.65. The van der Waals surface area contributed by atoms with Crippen molar-refractivity contribution in [2.24, 2.45) is 0 Å². The molecule has 0 aliphatic heterocycles. The first-order valence-electron chi connectivity index (χ1n) is 9.16. The highest BCUT2D eigenvalue weighted by Crippen LogP contribution is 2.54. The van der Waals surface area contributed by atoms with E-state index < -0.39 is 0 Å². The molecular weight excluding hydrogens is 348 g/mol. The Bertz CT molecular complexity index is 1360. The van der Waals surface area contributed by atoms with Crippen LogP contribution in [0.15, 0.2) is 91.0 Å². The fourth-order valence-corrected chi connectivity index (χ4v) is 4.77. The Labute approximate surface area is 162 Å². The van der Waals surface area contributed by atoms with Crippen LogP contribution in [0.25, 0.3) is 54.9 Å². The minimum absolute atomic E-state index is 0.776. The number of hydrogen-bond acceptors (Lipinski definition) is 0. The zero-order valence-electron chi connectivity index (χ0n) is 14.5. The van der Waals surface area contributed by atoms with Gasteiger partial charge in [-0.15, -0.1) is 0 Å². The van der Waals surface area contributed by atoms with Crippen LogP contribution in [-0.2, 0) is 0 Å². The molecule has 1 aliphatic rings. The lowest BCUT2D eigenvalue weighted by atomic mass is 9.87. The van der Waals surface area contributed by atoms with Gasteiger partial charge < -0.3 is 0 Å². The maximum Gasteiger partial charge on any atom is 0.0412 e. The number of fused-ring (bicyclic) bond motifs is 5. The van der Waals surface area contributed by atoms with Crippen molar-refractivity contribution in [1.82, 2.24) is 0 Å². The van der Waals surface area contributed by atoms with Crippen molar-refractivity contribution in [2.45, 2.75) is 0 Å². The molecule has 6 rings (SSSR count). The van der Waals surface area contributed by atoms with Gasteiger partial charge in [-0.2, -0.15) is 0 Å². The van der Waals surface area contributed by atoms with Crippen molar-refractivity contribution in [3.63, 3.8) is 0 Å². The first-order valence-corrected chi connectivity index (χ1v) is 9.54. The molecule has 0 radical (unpaired) electrons. The van der Waals surface area contributed by atoms with Crippen LogP contribution in [0, 0.1) is 0 Å². The van der Waals surface area contributed by atoms with Crippen molar-refractivity contribution in [1.29, 1.82) is 0 Å². The van der Waals surface area contributed by atoms with Gasteiger partial charge in [0.2, 0.25) is 0 Å². The zero-order valence-corrected chi connectivity index (χ0v) is 15.3. The number of halogens is 1. The summed E-state index contributed by atoms with van der Waals surface area (Å²) < 4.78 is 0. The number of benzene rings is 5. The second kappa shape index (κ2) is 5.45. The molecule has 0 heterocycles. The van der Waals surface area contributed by atoms with Crippen molar-refractivity contribution in [3.05, 3.63) is 96.0 Å². The number of hydrogen-bond donors (Lipinski definition) is 0. The molecule has 0 spiro atoms. The minimum Gasteiger partial charge on any atom is -0.0843 e. The van der Waals surface area contributed by atoms with Gasteiger partial charge in [-0.3, -0.25) is 0 Å². The normalized spacial score (nSPS) is 11.9. The van der Waals surface area contributed by atoms with E-state index in [-0.39, 0.29) is 0 Å². The molecule has 5 aromatic rings. The highest BCUT2D eigenvalue weighted by molar-refractivity contribution is 6.34. The second-order valence-electron chi connectivity index (χ2n) is 7.08. The van der Waals surface area contributed by atoms with Gasteiger partial charge in [-0.1, -0.05) is 90.5 Å². The molecule has 0 N–H and O–H groups in total.